The van der Waals surface area contributed by atoms with Crippen molar-refractivity contribution in [3.63, 3.8) is 0 Å². The Labute approximate surface area is 184 Å². The Morgan fingerprint density at radius 1 is 0.844 bits per heavy atom. The third-order valence-electron chi connectivity index (χ3n) is 5.20. The molecule has 160 valence electrons. The summed E-state index contributed by atoms with van der Waals surface area (Å²) in [7, 11) is 0. The fraction of sp³-hybridized carbons (Fsp3) is 0.120. The van der Waals surface area contributed by atoms with Gasteiger partial charge in [-0.05, 0) is 62.4 Å². The molecule has 0 spiro atoms. The lowest BCUT2D eigenvalue weighted by Crippen LogP contribution is -2.44. The van der Waals surface area contributed by atoms with Crippen molar-refractivity contribution < 1.29 is 23.9 Å². The second-order valence-electron chi connectivity index (χ2n) is 7.47. The van der Waals surface area contributed by atoms with Gasteiger partial charge < -0.3 is 10.1 Å². The highest BCUT2D eigenvalue weighted by atomic mass is 16.5. The topological polar surface area (TPSA) is 92.8 Å². The fourth-order valence-corrected chi connectivity index (χ4v) is 3.38. The van der Waals surface area contributed by atoms with E-state index in [-0.39, 0.29) is 22.8 Å². The quantitative estimate of drug-likeness (QED) is 0.379. The Hall–Kier alpha value is -4.26. The molecular formula is C25H20N2O5. The van der Waals surface area contributed by atoms with Crippen molar-refractivity contribution in [2.45, 2.75) is 19.9 Å². The number of aryl methyl sites for hydroxylation is 1. The van der Waals surface area contributed by atoms with Gasteiger partial charge >= 0.3 is 5.97 Å². The number of esters is 1. The maximum absolute atomic E-state index is 12.6. The lowest BCUT2D eigenvalue weighted by Gasteiger charge is -2.20. The zero-order valence-corrected chi connectivity index (χ0v) is 17.5. The highest BCUT2D eigenvalue weighted by Gasteiger charge is 2.41. The number of amides is 3. The van der Waals surface area contributed by atoms with Gasteiger partial charge in [-0.25, -0.2) is 4.79 Å². The molecule has 7 heteroatoms. The molecule has 1 atom stereocenters. The number of anilines is 1. The molecule has 0 radical (unpaired) electrons. The SMILES string of the molecule is Cc1ccc(NC(=O)c2ccc(OC(=O)C(C)N3C(=O)c4ccccc4C3=O)cc2)cc1. The molecule has 3 aromatic rings. The van der Waals surface area contributed by atoms with Gasteiger partial charge in [-0.1, -0.05) is 29.8 Å². The molecule has 0 bridgehead atoms. The van der Waals surface area contributed by atoms with E-state index in [0.717, 1.165) is 10.5 Å². The van der Waals surface area contributed by atoms with E-state index in [9.17, 15) is 19.2 Å². The van der Waals surface area contributed by atoms with Crippen LogP contribution >= 0.6 is 0 Å². The predicted molar refractivity (Wildman–Crippen MR) is 118 cm³/mol. The molecule has 1 unspecified atom stereocenters. The van der Waals surface area contributed by atoms with E-state index >= 15 is 0 Å². The summed E-state index contributed by atoms with van der Waals surface area (Å²) in [4.78, 5) is 51.0. The summed E-state index contributed by atoms with van der Waals surface area (Å²) >= 11 is 0. The summed E-state index contributed by atoms with van der Waals surface area (Å²) in [6, 6.07) is 18.7. The lowest BCUT2D eigenvalue weighted by atomic mass is 10.1. The number of imide groups is 1. The molecule has 4 rings (SSSR count). The number of carbonyl (C=O) groups is 4. The normalized spacial score (nSPS) is 13.5. The number of carbonyl (C=O) groups excluding carboxylic acids is 4. The van der Waals surface area contributed by atoms with Crippen molar-refractivity contribution in [3.05, 3.63) is 95.1 Å². The molecule has 1 aliphatic rings. The Balaban J connectivity index is 1.40. The van der Waals surface area contributed by atoms with E-state index in [0.29, 0.717) is 11.3 Å². The van der Waals surface area contributed by atoms with Gasteiger partial charge in [-0.3, -0.25) is 19.3 Å². The Kier molecular flexibility index (Phi) is 5.55. The van der Waals surface area contributed by atoms with Crippen molar-refractivity contribution in [2.24, 2.45) is 0 Å². The van der Waals surface area contributed by atoms with Crippen LogP contribution in [0.4, 0.5) is 5.69 Å². The molecule has 1 heterocycles. The van der Waals surface area contributed by atoms with Crippen LogP contribution in [0, 0.1) is 6.92 Å². The molecule has 0 aliphatic carbocycles. The van der Waals surface area contributed by atoms with E-state index in [4.69, 9.17) is 4.74 Å². The first-order chi connectivity index (χ1) is 15.3. The largest absolute Gasteiger partial charge is 0.425 e. The van der Waals surface area contributed by atoms with Crippen LogP contribution in [-0.2, 0) is 4.79 Å². The monoisotopic (exact) mass is 428 g/mol. The average molecular weight is 428 g/mol. The molecule has 3 aromatic carbocycles. The number of rotatable bonds is 5. The third kappa shape index (κ3) is 4.00. The highest BCUT2D eigenvalue weighted by Crippen LogP contribution is 2.25. The average Bonchev–Trinajstić information content (AvgIpc) is 3.05. The number of ether oxygens (including phenoxy) is 1. The number of hydrogen-bond acceptors (Lipinski definition) is 5. The summed E-state index contributed by atoms with van der Waals surface area (Å²) in [5.41, 5.74) is 2.68. The van der Waals surface area contributed by atoms with Crippen LogP contribution in [0.3, 0.4) is 0 Å². The van der Waals surface area contributed by atoms with Gasteiger partial charge in [0.2, 0.25) is 0 Å². The standard InChI is InChI=1S/C25H20N2O5/c1-15-7-11-18(12-8-15)26-22(28)17-9-13-19(14-10-17)32-25(31)16(2)27-23(29)20-5-3-4-6-21(20)24(27)30/h3-14,16H,1-2H3,(H,26,28). The molecule has 3 amide bonds. The van der Waals surface area contributed by atoms with Gasteiger partial charge in [-0.2, -0.15) is 0 Å². The zero-order valence-electron chi connectivity index (χ0n) is 17.5. The predicted octanol–water partition coefficient (Wildman–Crippen LogP) is 3.84. The van der Waals surface area contributed by atoms with E-state index < -0.39 is 23.8 Å². The van der Waals surface area contributed by atoms with Crippen molar-refractivity contribution in [1.82, 2.24) is 4.90 Å². The maximum Gasteiger partial charge on any atom is 0.334 e. The molecule has 0 saturated heterocycles. The van der Waals surface area contributed by atoms with Gasteiger partial charge in [0, 0.05) is 11.3 Å². The summed E-state index contributed by atoms with van der Waals surface area (Å²) in [5.74, 6) is -1.91. The van der Waals surface area contributed by atoms with Crippen molar-refractivity contribution in [1.29, 1.82) is 0 Å². The van der Waals surface area contributed by atoms with E-state index in [1.807, 2.05) is 31.2 Å². The molecule has 0 saturated carbocycles. The van der Waals surface area contributed by atoms with Crippen LogP contribution in [-0.4, -0.2) is 34.6 Å². The van der Waals surface area contributed by atoms with Crippen LogP contribution < -0.4 is 10.1 Å². The molecule has 1 N–H and O–H groups in total. The smallest absolute Gasteiger partial charge is 0.334 e. The van der Waals surface area contributed by atoms with Crippen molar-refractivity contribution >= 4 is 29.4 Å². The minimum Gasteiger partial charge on any atom is -0.425 e. The molecule has 0 aromatic heterocycles. The first-order valence-corrected chi connectivity index (χ1v) is 10.0. The van der Waals surface area contributed by atoms with Gasteiger partial charge in [0.1, 0.15) is 11.8 Å². The number of fused-ring (bicyclic) bond motifs is 1. The number of hydrogen-bond donors (Lipinski definition) is 1. The van der Waals surface area contributed by atoms with Crippen LogP contribution in [0.15, 0.2) is 72.8 Å². The molecule has 32 heavy (non-hydrogen) atoms. The molecular weight excluding hydrogens is 408 g/mol. The maximum atomic E-state index is 12.6. The Bertz CT molecular complexity index is 1180. The molecule has 0 fully saturated rings. The van der Waals surface area contributed by atoms with E-state index in [1.165, 1.54) is 31.2 Å². The lowest BCUT2D eigenvalue weighted by molar-refractivity contribution is -0.138. The highest BCUT2D eigenvalue weighted by molar-refractivity contribution is 6.22. The minimum absolute atomic E-state index is 0.199. The van der Waals surface area contributed by atoms with Crippen LogP contribution in [0.1, 0.15) is 43.6 Å². The minimum atomic E-state index is -1.10. The van der Waals surface area contributed by atoms with Crippen LogP contribution in [0.25, 0.3) is 0 Å². The summed E-state index contributed by atoms with van der Waals surface area (Å²) < 4.78 is 5.33. The number of nitrogens with zero attached hydrogens (tertiary/aromatic N) is 1. The molecule has 7 nitrogen and oxygen atoms in total. The van der Waals surface area contributed by atoms with Crippen LogP contribution in [0.5, 0.6) is 5.75 Å². The second kappa shape index (κ2) is 8.47. The zero-order chi connectivity index (χ0) is 22.8. The summed E-state index contributed by atoms with van der Waals surface area (Å²) in [6.45, 7) is 3.40. The van der Waals surface area contributed by atoms with Gasteiger partial charge in [-0.15, -0.1) is 0 Å². The third-order valence-corrected chi connectivity index (χ3v) is 5.20. The molecule has 1 aliphatic heterocycles. The Morgan fingerprint density at radius 2 is 1.41 bits per heavy atom. The fourth-order valence-electron chi connectivity index (χ4n) is 3.38. The van der Waals surface area contributed by atoms with Crippen molar-refractivity contribution in [3.8, 4) is 5.75 Å². The second-order valence-corrected chi connectivity index (χ2v) is 7.47. The summed E-state index contributed by atoms with van der Waals surface area (Å²) in [5, 5.41) is 2.79. The van der Waals surface area contributed by atoms with E-state index in [1.54, 1.807) is 24.3 Å². The van der Waals surface area contributed by atoms with Gasteiger partial charge in [0.05, 0.1) is 11.1 Å². The first-order valence-electron chi connectivity index (χ1n) is 10.0. The first kappa shape index (κ1) is 21.0. The number of nitrogens with one attached hydrogen (secondary N) is 1. The van der Waals surface area contributed by atoms with Crippen LogP contribution in [0.2, 0.25) is 0 Å². The Morgan fingerprint density at radius 3 is 1.97 bits per heavy atom. The number of benzene rings is 3. The van der Waals surface area contributed by atoms with Crippen molar-refractivity contribution in [2.75, 3.05) is 5.32 Å². The summed E-state index contributed by atoms with van der Waals surface area (Å²) in [6.07, 6.45) is 0. The van der Waals surface area contributed by atoms with E-state index in [2.05, 4.69) is 5.32 Å². The van der Waals surface area contributed by atoms with Gasteiger partial charge in [0.15, 0.2) is 0 Å². The van der Waals surface area contributed by atoms with Gasteiger partial charge in [0.25, 0.3) is 17.7 Å².